The Morgan fingerprint density at radius 1 is 1.35 bits per heavy atom. The van der Waals surface area contributed by atoms with Crippen LogP contribution in [0.1, 0.15) is 18.9 Å². The van der Waals surface area contributed by atoms with E-state index < -0.39 is 0 Å². The van der Waals surface area contributed by atoms with E-state index in [1.807, 2.05) is 24.0 Å². The van der Waals surface area contributed by atoms with Crippen LogP contribution in [0.15, 0.2) is 47.6 Å². The first kappa shape index (κ1) is 18.0. The van der Waals surface area contributed by atoms with Crippen molar-refractivity contribution >= 4 is 11.8 Å². The van der Waals surface area contributed by atoms with Crippen LogP contribution in [0.5, 0.6) is 5.75 Å². The maximum absolute atomic E-state index is 13.9. The average molecular weight is 357 g/mol. The van der Waals surface area contributed by atoms with Crippen LogP contribution in [-0.4, -0.2) is 41.7 Å². The Hall–Kier alpha value is -2.83. The third-order valence-electron chi connectivity index (χ3n) is 4.27. The van der Waals surface area contributed by atoms with Crippen LogP contribution < -0.4 is 15.5 Å². The van der Waals surface area contributed by atoms with Gasteiger partial charge in [-0.1, -0.05) is 12.1 Å². The van der Waals surface area contributed by atoms with Crippen LogP contribution >= 0.6 is 0 Å². The van der Waals surface area contributed by atoms with Crippen LogP contribution in [-0.2, 0) is 6.54 Å². The lowest BCUT2D eigenvalue weighted by Gasteiger charge is -2.20. The van der Waals surface area contributed by atoms with Gasteiger partial charge in [-0.15, -0.1) is 0 Å². The third-order valence-corrected chi connectivity index (χ3v) is 4.27. The minimum Gasteiger partial charge on any atom is -0.508 e. The van der Waals surface area contributed by atoms with E-state index in [2.05, 4.69) is 20.6 Å². The van der Waals surface area contributed by atoms with Crippen molar-refractivity contribution in [3.8, 4) is 5.75 Å². The molecule has 7 heteroatoms. The molecule has 1 aromatic heterocycles. The molecule has 2 aromatic rings. The maximum atomic E-state index is 13.9. The van der Waals surface area contributed by atoms with E-state index in [-0.39, 0.29) is 17.6 Å². The molecule has 138 valence electrons. The van der Waals surface area contributed by atoms with Gasteiger partial charge in [-0.25, -0.2) is 14.4 Å². The Morgan fingerprint density at radius 2 is 2.15 bits per heavy atom. The first-order valence-corrected chi connectivity index (χ1v) is 8.84. The minimum atomic E-state index is -0.291. The Morgan fingerprint density at radius 3 is 2.88 bits per heavy atom. The summed E-state index contributed by atoms with van der Waals surface area (Å²) in [5, 5.41) is 16.0. The molecule has 1 fully saturated rings. The smallest absolute Gasteiger partial charge is 0.191 e. The number of hydrogen-bond acceptors (Lipinski definition) is 4. The van der Waals surface area contributed by atoms with E-state index in [1.165, 1.54) is 6.07 Å². The summed E-state index contributed by atoms with van der Waals surface area (Å²) in [7, 11) is 0. The molecule has 1 aliphatic heterocycles. The molecule has 0 saturated carbocycles. The summed E-state index contributed by atoms with van der Waals surface area (Å²) in [5.41, 5.74) is 1.02. The fraction of sp³-hybridized carbons (Fsp3) is 0.368. The largest absolute Gasteiger partial charge is 0.508 e. The zero-order valence-electron chi connectivity index (χ0n) is 14.8. The van der Waals surface area contributed by atoms with E-state index in [9.17, 15) is 9.50 Å². The minimum absolute atomic E-state index is 0.175. The number of aliphatic imine (C=N–C) groups is 1. The van der Waals surface area contributed by atoms with Gasteiger partial charge in [0.2, 0.25) is 0 Å². The van der Waals surface area contributed by atoms with Gasteiger partial charge in [0.05, 0.1) is 6.54 Å². The molecule has 1 aliphatic rings. The highest BCUT2D eigenvalue weighted by molar-refractivity contribution is 5.80. The molecule has 0 radical (unpaired) electrons. The molecule has 2 heterocycles. The molecule has 0 amide bonds. The molecule has 0 bridgehead atoms. The van der Waals surface area contributed by atoms with Crippen LogP contribution in [0.3, 0.4) is 0 Å². The van der Waals surface area contributed by atoms with Gasteiger partial charge in [-0.05, 0) is 43.2 Å². The van der Waals surface area contributed by atoms with E-state index in [0.29, 0.717) is 18.9 Å². The third kappa shape index (κ3) is 4.62. The SMILES string of the molecule is CCNC(=NCc1ccc(O)cc1)NC1CCN(c2ncccc2F)C1. The Kier molecular flexibility index (Phi) is 5.88. The highest BCUT2D eigenvalue weighted by Gasteiger charge is 2.25. The monoisotopic (exact) mass is 357 g/mol. The summed E-state index contributed by atoms with van der Waals surface area (Å²) in [5.74, 6) is 1.09. The van der Waals surface area contributed by atoms with E-state index in [1.54, 1.807) is 24.4 Å². The number of benzene rings is 1. The zero-order chi connectivity index (χ0) is 18.4. The average Bonchev–Trinajstić information content (AvgIpc) is 3.10. The predicted octanol–water partition coefficient (Wildman–Crippen LogP) is 2.26. The quantitative estimate of drug-likeness (QED) is 0.565. The number of phenolic OH excluding ortho intramolecular Hbond substituents is 1. The van der Waals surface area contributed by atoms with Crippen molar-refractivity contribution in [3.63, 3.8) is 0 Å². The second kappa shape index (κ2) is 8.51. The van der Waals surface area contributed by atoms with E-state index in [4.69, 9.17) is 0 Å². The van der Waals surface area contributed by atoms with Crippen molar-refractivity contribution in [1.29, 1.82) is 0 Å². The lowest BCUT2D eigenvalue weighted by molar-refractivity contribution is 0.475. The van der Waals surface area contributed by atoms with E-state index in [0.717, 1.165) is 31.0 Å². The van der Waals surface area contributed by atoms with Crippen LogP contribution in [0.2, 0.25) is 0 Å². The summed E-state index contributed by atoms with van der Waals surface area (Å²) in [6.07, 6.45) is 2.50. The fourth-order valence-corrected chi connectivity index (χ4v) is 2.97. The second-order valence-corrected chi connectivity index (χ2v) is 6.25. The number of halogens is 1. The highest BCUT2D eigenvalue weighted by Crippen LogP contribution is 2.20. The van der Waals surface area contributed by atoms with Gasteiger partial charge < -0.3 is 20.6 Å². The fourth-order valence-electron chi connectivity index (χ4n) is 2.97. The van der Waals surface area contributed by atoms with Gasteiger partial charge in [0.25, 0.3) is 0 Å². The lowest BCUT2D eigenvalue weighted by Crippen LogP contribution is -2.44. The van der Waals surface area contributed by atoms with Crippen LogP contribution in [0.4, 0.5) is 10.2 Å². The van der Waals surface area contributed by atoms with Gasteiger partial charge in [0.1, 0.15) is 5.75 Å². The van der Waals surface area contributed by atoms with Crippen molar-refractivity contribution in [3.05, 3.63) is 54.0 Å². The number of nitrogens with zero attached hydrogens (tertiary/aromatic N) is 3. The molecule has 3 N–H and O–H groups in total. The molecular formula is C19H24FN5O. The Bertz CT molecular complexity index is 750. The van der Waals surface area contributed by atoms with E-state index >= 15 is 0 Å². The normalized spacial score (nSPS) is 17.4. The molecular weight excluding hydrogens is 333 g/mol. The number of anilines is 1. The molecule has 0 spiro atoms. The van der Waals surface area contributed by atoms with Crippen LogP contribution in [0.25, 0.3) is 0 Å². The molecule has 6 nitrogen and oxygen atoms in total. The van der Waals surface area contributed by atoms with Gasteiger partial charge in [-0.2, -0.15) is 0 Å². The van der Waals surface area contributed by atoms with Crippen molar-refractivity contribution in [2.24, 2.45) is 4.99 Å². The first-order chi connectivity index (χ1) is 12.7. The van der Waals surface area contributed by atoms with Gasteiger partial charge >= 0.3 is 0 Å². The summed E-state index contributed by atoms with van der Waals surface area (Å²) in [6.45, 7) is 4.72. The molecule has 1 aromatic carbocycles. The predicted molar refractivity (Wildman–Crippen MR) is 101 cm³/mol. The number of aromatic nitrogens is 1. The van der Waals surface area contributed by atoms with Crippen LogP contribution in [0, 0.1) is 5.82 Å². The molecule has 3 rings (SSSR count). The number of aromatic hydroxyl groups is 1. The number of hydrogen-bond donors (Lipinski definition) is 3. The topological polar surface area (TPSA) is 72.8 Å². The Labute approximate surface area is 152 Å². The summed E-state index contributed by atoms with van der Waals surface area (Å²) < 4.78 is 13.9. The van der Waals surface area contributed by atoms with Gasteiger partial charge in [-0.3, -0.25) is 0 Å². The standard InChI is InChI=1S/C19H24FN5O/c1-2-21-19(23-12-14-5-7-16(26)8-6-14)24-15-9-11-25(13-15)18-17(20)4-3-10-22-18/h3-8,10,15,26H,2,9,11-13H2,1H3,(H2,21,23,24). The Balaban J connectivity index is 1.60. The number of phenols is 1. The van der Waals surface area contributed by atoms with Crippen molar-refractivity contribution in [2.45, 2.75) is 25.9 Å². The molecule has 0 aliphatic carbocycles. The summed E-state index contributed by atoms with van der Waals surface area (Å²) in [4.78, 5) is 10.7. The molecule has 26 heavy (non-hydrogen) atoms. The number of nitrogens with one attached hydrogen (secondary N) is 2. The van der Waals surface area contributed by atoms with Crippen molar-refractivity contribution < 1.29 is 9.50 Å². The van der Waals surface area contributed by atoms with Gasteiger partial charge in [0, 0.05) is 31.9 Å². The number of guanidine groups is 1. The summed E-state index contributed by atoms with van der Waals surface area (Å²) >= 11 is 0. The second-order valence-electron chi connectivity index (χ2n) is 6.25. The highest BCUT2D eigenvalue weighted by atomic mass is 19.1. The number of rotatable bonds is 5. The first-order valence-electron chi connectivity index (χ1n) is 8.84. The maximum Gasteiger partial charge on any atom is 0.191 e. The lowest BCUT2D eigenvalue weighted by atomic mass is 10.2. The molecule has 1 unspecified atom stereocenters. The van der Waals surface area contributed by atoms with Crippen molar-refractivity contribution in [1.82, 2.24) is 15.6 Å². The van der Waals surface area contributed by atoms with Gasteiger partial charge in [0.15, 0.2) is 17.6 Å². The molecule has 1 atom stereocenters. The van der Waals surface area contributed by atoms with Crippen molar-refractivity contribution in [2.75, 3.05) is 24.5 Å². The molecule has 1 saturated heterocycles. The zero-order valence-corrected chi connectivity index (χ0v) is 14.8. The number of pyridine rings is 1. The summed E-state index contributed by atoms with van der Waals surface area (Å²) in [6, 6.07) is 10.2.